The molecule has 3 aromatic heterocycles. The zero-order valence-electron chi connectivity index (χ0n) is 18.9. The molecule has 0 aliphatic carbocycles. The molecule has 12 heteroatoms. The Morgan fingerprint density at radius 3 is 2.82 bits per heavy atom. The van der Waals surface area contributed by atoms with Crippen LogP contribution in [-0.4, -0.2) is 73.8 Å². The molecule has 0 atom stereocenters. The molecule has 5 rings (SSSR count). The van der Waals surface area contributed by atoms with Gasteiger partial charge in [-0.15, -0.1) is 11.8 Å². The second-order valence-electron chi connectivity index (χ2n) is 8.30. The number of anilines is 1. The van der Waals surface area contributed by atoms with Crippen molar-refractivity contribution in [2.24, 2.45) is 0 Å². The molecule has 0 spiro atoms. The molecule has 3 aromatic rings. The number of carbonyl (C=O) groups excluding carboxylic acids is 1. The van der Waals surface area contributed by atoms with Gasteiger partial charge in [0.25, 0.3) is 5.56 Å². The molecule has 1 saturated heterocycles. The second-order valence-corrected chi connectivity index (χ2v) is 9.31. The lowest BCUT2D eigenvalue weighted by Crippen LogP contribution is -2.43. The summed E-state index contributed by atoms with van der Waals surface area (Å²) in [4.78, 5) is 44.5. The van der Waals surface area contributed by atoms with Crippen LogP contribution in [0.2, 0.25) is 0 Å². The Labute approximate surface area is 200 Å². The highest BCUT2D eigenvalue weighted by molar-refractivity contribution is 8.00. The maximum absolute atomic E-state index is 12.4. The van der Waals surface area contributed by atoms with Crippen molar-refractivity contribution in [3.63, 3.8) is 0 Å². The lowest BCUT2D eigenvalue weighted by molar-refractivity contribution is -0.113. The van der Waals surface area contributed by atoms with Crippen molar-refractivity contribution in [1.29, 1.82) is 0 Å². The van der Waals surface area contributed by atoms with E-state index in [-0.39, 0.29) is 17.5 Å². The van der Waals surface area contributed by atoms with E-state index >= 15 is 0 Å². The zero-order valence-corrected chi connectivity index (χ0v) is 19.7. The molecular weight excluding hydrogens is 456 g/mol. The van der Waals surface area contributed by atoms with Gasteiger partial charge < -0.3 is 20.3 Å². The molecule has 0 saturated carbocycles. The number of amides is 1. The Bertz CT molecular complexity index is 1260. The Hall–Kier alpha value is -3.09. The number of rotatable bonds is 7. The molecule has 0 bridgehead atoms. The van der Waals surface area contributed by atoms with Crippen LogP contribution in [0, 0.1) is 0 Å². The predicted molar refractivity (Wildman–Crippen MR) is 128 cm³/mol. The highest BCUT2D eigenvalue weighted by Crippen LogP contribution is 2.29. The predicted octanol–water partition coefficient (Wildman–Crippen LogP) is 0.888. The number of thioether (sulfide) groups is 1. The number of likely N-dealkylation sites (tertiary alicyclic amines) is 1. The van der Waals surface area contributed by atoms with Gasteiger partial charge in [-0.1, -0.05) is 0 Å². The van der Waals surface area contributed by atoms with Crippen LogP contribution in [0.25, 0.3) is 11.2 Å². The van der Waals surface area contributed by atoms with E-state index in [4.69, 9.17) is 4.74 Å². The molecule has 2 aliphatic rings. The molecule has 2 aliphatic heterocycles. The first-order valence-corrected chi connectivity index (χ1v) is 12.2. The summed E-state index contributed by atoms with van der Waals surface area (Å²) < 4.78 is 6.74. The van der Waals surface area contributed by atoms with Crippen LogP contribution in [0.15, 0.2) is 34.2 Å². The SMILES string of the molecule is COc1ncc2ncc(=O)n(CCN3CCC(NCc4ccc5c(n4)NC(=O)CS5)CC3)c2n1. The van der Waals surface area contributed by atoms with Crippen molar-refractivity contribution < 1.29 is 9.53 Å². The number of pyridine rings is 1. The first-order valence-electron chi connectivity index (χ1n) is 11.2. The molecule has 1 fully saturated rings. The Morgan fingerprint density at radius 2 is 2.00 bits per heavy atom. The van der Waals surface area contributed by atoms with E-state index in [0.29, 0.717) is 41.9 Å². The van der Waals surface area contributed by atoms with Gasteiger partial charge in [0.1, 0.15) is 11.3 Å². The number of aromatic nitrogens is 5. The minimum atomic E-state index is -0.183. The van der Waals surface area contributed by atoms with Gasteiger partial charge in [0.05, 0.1) is 35.8 Å². The van der Waals surface area contributed by atoms with Crippen molar-refractivity contribution in [1.82, 2.24) is 34.7 Å². The summed E-state index contributed by atoms with van der Waals surface area (Å²) >= 11 is 1.52. The largest absolute Gasteiger partial charge is 0.467 e. The van der Waals surface area contributed by atoms with Crippen molar-refractivity contribution in [3.05, 3.63) is 40.6 Å². The monoisotopic (exact) mass is 482 g/mol. The highest BCUT2D eigenvalue weighted by atomic mass is 32.2. The van der Waals surface area contributed by atoms with Crippen molar-refractivity contribution in [2.75, 3.05) is 37.8 Å². The Kier molecular flexibility index (Phi) is 6.70. The molecule has 2 N–H and O–H groups in total. The van der Waals surface area contributed by atoms with Crippen LogP contribution in [0.4, 0.5) is 5.82 Å². The summed E-state index contributed by atoms with van der Waals surface area (Å²) in [6, 6.07) is 4.66. The molecule has 5 heterocycles. The second kappa shape index (κ2) is 10.0. The number of ether oxygens (including phenoxy) is 1. The average Bonchev–Trinajstić information content (AvgIpc) is 2.87. The average molecular weight is 483 g/mol. The van der Waals surface area contributed by atoms with E-state index in [1.807, 2.05) is 12.1 Å². The summed E-state index contributed by atoms with van der Waals surface area (Å²) in [5.74, 6) is 1.10. The number of piperidine rings is 1. The minimum Gasteiger partial charge on any atom is -0.467 e. The number of fused-ring (bicyclic) bond motifs is 2. The third-order valence-corrected chi connectivity index (χ3v) is 7.12. The van der Waals surface area contributed by atoms with E-state index in [1.54, 1.807) is 10.8 Å². The third kappa shape index (κ3) is 5.03. The van der Waals surface area contributed by atoms with Crippen LogP contribution in [0.1, 0.15) is 18.5 Å². The lowest BCUT2D eigenvalue weighted by Gasteiger charge is -2.32. The first kappa shape index (κ1) is 22.7. The summed E-state index contributed by atoms with van der Waals surface area (Å²) in [5, 5.41) is 6.44. The Morgan fingerprint density at radius 1 is 1.15 bits per heavy atom. The quantitative estimate of drug-likeness (QED) is 0.501. The lowest BCUT2D eigenvalue weighted by atomic mass is 10.0. The molecule has 34 heavy (non-hydrogen) atoms. The van der Waals surface area contributed by atoms with E-state index in [0.717, 1.165) is 43.1 Å². The molecule has 0 unspecified atom stereocenters. The van der Waals surface area contributed by atoms with Gasteiger partial charge in [0.2, 0.25) is 5.91 Å². The van der Waals surface area contributed by atoms with Gasteiger partial charge in [-0.25, -0.2) is 15.0 Å². The highest BCUT2D eigenvalue weighted by Gasteiger charge is 2.21. The number of nitrogens with zero attached hydrogens (tertiary/aromatic N) is 6. The number of hydrogen-bond acceptors (Lipinski definition) is 10. The summed E-state index contributed by atoms with van der Waals surface area (Å²) in [6.07, 6.45) is 4.91. The normalized spacial score (nSPS) is 16.9. The van der Waals surface area contributed by atoms with Crippen LogP contribution >= 0.6 is 11.8 Å². The molecule has 1 amide bonds. The third-order valence-electron chi connectivity index (χ3n) is 6.08. The van der Waals surface area contributed by atoms with Crippen molar-refractivity contribution in [3.8, 4) is 6.01 Å². The number of methoxy groups -OCH3 is 1. The van der Waals surface area contributed by atoms with Crippen LogP contribution in [-0.2, 0) is 17.9 Å². The van der Waals surface area contributed by atoms with E-state index in [9.17, 15) is 9.59 Å². The fourth-order valence-electron chi connectivity index (χ4n) is 4.21. The number of hydrogen-bond donors (Lipinski definition) is 2. The number of carbonyl (C=O) groups is 1. The van der Waals surface area contributed by atoms with Crippen LogP contribution in [0.3, 0.4) is 0 Å². The standard InChI is InChI=1S/C22H26N8O3S/c1-33-22-25-11-16-21(28-22)30(19(32)12-24-16)9-8-29-6-4-14(5-7-29)23-10-15-2-3-17-20(26-15)27-18(31)13-34-17/h2-3,11-12,14,23H,4-10,13H2,1H3,(H,26,27,31). The molecule has 11 nitrogen and oxygen atoms in total. The number of nitrogens with one attached hydrogen (secondary N) is 2. The van der Waals surface area contributed by atoms with Gasteiger partial charge in [-0.05, 0) is 38.1 Å². The summed E-state index contributed by atoms with van der Waals surface area (Å²) in [5.41, 5.74) is 1.79. The fraction of sp³-hybridized carbons (Fsp3) is 0.455. The van der Waals surface area contributed by atoms with Gasteiger partial charge in [0, 0.05) is 25.7 Å². The summed E-state index contributed by atoms with van der Waals surface area (Å²) in [6.45, 7) is 3.83. The minimum absolute atomic E-state index is 0.00362. The molecule has 0 radical (unpaired) electrons. The summed E-state index contributed by atoms with van der Waals surface area (Å²) in [7, 11) is 1.50. The maximum Gasteiger partial charge on any atom is 0.318 e. The topological polar surface area (TPSA) is 127 Å². The molecule has 0 aromatic carbocycles. The van der Waals surface area contributed by atoms with Crippen LogP contribution < -0.4 is 20.9 Å². The van der Waals surface area contributed by atoms with Gasteiger partial charge >= 0.3 is 6.01 Å². The van der Waals surface area contributed by atoms with Crippen molar-refractivity contribution >= 4 is 34.7 Å². The van der Waals surface area contributed by atoms with E-state index in [2.05, 4.69) is 35.5 Å². The van der Waals surface area contributed by atoms with Gasteiger partial charge in [-0.2, -0.15) is 4.98 Å². The smallest absolute Gasteiger partial charge is 0.318 e. The fourth-order valence-corrected chi connectivity index (χ4v) is 4.96. The maximum atomic E-state index is 12.4. The zero-order chi connectivity index (χ0) is 23.5. The van der Waals surface area contributed by atoms with E-state index < -0.39 is 0 Å². The molecular formula is C22H26N8O3S. The Balaban J connectivity index is 1.13. The van der Waals surface area contributed by atoms with Crippen molar-refractivity contribution in [2.45, 2.75) is 36.9 Å². The van der Waals surface area contributed by atoms with Crippen LogP contribution in [0.5, 0.6) is 6.01 Å². The van der Waals surface area contributed by atoms with E-state index in [1.165, 1.54) is 25.1 Å². The van der Waals surface area contributed by atoms with Gasteiger partial charge in [-0.3, -0.25) is 14.2 Å². The van der Waals surface area contributed by atoms with Gasteiger partial charge in [0.15, 0.2) is 5.65 Å². The first-order chi connectivity index (χ1) is 16.6. The molecule has 178 valence electrons.